The van der Waals surface area contributed by atoms with Crippen molar-refractivity contribution in [2.75, 3.05) is 5.75 Å². The fraction of sp³-hybridized carbons (Fsp3) is 0.353. The van der Waals surface area contributed by atoms with Gasteiger partial charge in [-0.3, -0.25) is 9.36 Å². The van der Waals surface area contributed by atoms with Gasteiger partial charge in [0.25, 0.3) is 0 Å². The van der Waals surface area contributed by atoms with Crippen LogP contribution in [0.5, 0.6) is 0 Å². The summed E-state index contributed by atoms with van der Waals surface area (Å²) < 4.78 is 1.94. The van der Waals surface area contributed by atoms with E-state index in [4.69, 9.17) is 5.73 Å². The molecule has 0 unspecified atom stereocenters. The quantitative estimate of drug-likeness (QED) is 0.653. The fourth-order valence-electron chi connectivity index (χ4n) is 2.16. The first-order valence-electron chi connectivity index (χ1n) is 7.39. The molecule has 1 heterocycles. The van der Waals surface area contributed by atoms with Gasteiger partial charge in [0.1, 0.15) is 0 Å². The van der Waals surface area contributed by atoms with Crippen LogP contribution in [0.25, 0.3) is 11.4 Å². The smallest absolute Gasteiger partial charge is 0.227 e. The highest BCUT2D eigenvalue weighted by atomic mass is 32.2. The number of nitrogens with zero attached hydrogens (tertiary/aromatic N) is 3. The third kappa shape index (κ3) is 4.22. The van der Waals surface area contributed by atoms with Crippen LogP contribution in [0.4, 0.5) is 0 Å². The topological polar surface area (TPSA) is 73.8 Å². The summed E-state index contributed by atoms with van der Waals surface area (Å²) in [5, 5.41) is 9.11. The standard InChI is InChI=1S/C17H22N4OS/c1-5-10-21-15(19-20-16(21)23-11-14(18)22)12-6-8-13(9-7-12)17(2,3)4/h5-9H,1,10-11H2,2-4H3,(H2,18,22). The zero-order valence-corrected chi connectivity index (χ0v) is 14.6. The predicted molar refractivity (Wildman–Crippen MR) is 94.3 cm³/mol. The number of aromatic nitrogens is 3. The summed E-state index contributed by atoms with van der Waals surface area (Å²) in [5.41, 5.74) is 7.56. The highest BCUT2D eigenvalue weighted by molar-refractivity contribution is 7.99. The molecule has 6 heteroatoms. The van der Waals surface area contributed by atoms with E-state index in [1.807, 2.05) is 16.7 Å². The third-order valence-corrected chi connectivity index (χ3v) is 4.37. The average molecular weight is 330 g/mol. The zero-order valence-electron chi connectivity index (χ0n) is 13.7. The molecular formula is C17H22N4OS. The minimum absolute atomic E-state index is 0.107. The van der Waals surface area contributed by atoms with E-state index >= 15 is 0 Å². The van der Waals surface area contributed by atoms with Gasteiger partial charge in [-0.25, -0.2) is 0 Å². The van der Waals surface area contributed by atoms with Gasteiger partial charge in [-0.15, -0.1) is 16.8 Å². The maximum atomic E-state index is 11.0. The molecule has 0 bridgehead atoms. The second-order valence-corrected chi connectivity index (χ2v) is 7.23. The molecule has 0 saturated heterocycles. The van der Waals surface area contributed by atoms with Gasteiger partial charge in [-0.05, 0) is 11.0 Å². The number of nitrogens with two attached hydrogens (primary N) is 1. The lowest BCUT2D eigenvalue weighted by Gasteiger charge is -2.19. The largest absolute Gasteiger partial charge is 0.369 e. The van der Waals surface area contributed by atoms with Crippen LogP contribution in [0.1, 0.15) is 26.3 Å². The SMILES string of the molecule is C=CCn1c(SCC(N)=O)nnc1-c1ccc(C(C)(C)C)cc1. The van der Waals surface area contributed by atoms with E-state index in [1.165, 1.54) is 17.3 Å². The maximum absolute atomic E-state index is 11.0. The zero-order chi connectivity index (χ0) is 17.0. The van der Waals surface area contributed by atoms with Crippen LogP contribution < -0.4 is 5.73 Å². The van der Waals surface area contributed by atoms with Crippen LogP contribution in [0, 0.1) is 0 Å². The normalized spacial score (nSPS) is 11.4. The van der Waals surface area contributed by atoms with Gasteiger partial charge >= 0.3 is 0 Å². The van der Waals surface area contributed by atoms with Crippen molar-refractivity contribution in [1.82, 2.24) is 14.8 Å². The Bertz CT molecular complexity index is 698. The van der Waals surface area contributed by atoms with Crippen molar-refractivity contribution in [3.8, 4) is 11.4 Å². The number of amides is 1. The van der Waals surface area contributed by atoms with Crippen LogP contribution in [0.2, 0.25) is 0 Å². The number of carbonyl (C=O) groups excluding carboxylic acids is 1. The van der Waals surface area contributed by atoms with Gasteiger partial charge in [-0.1, -0.05) is 62.9 Å². The first kappa shape index (κ1) is 17.3. The number of hydrogen-bond donors (Lipinski definition) is 1. The van der Waals surface area contributed by atoms with E-state index in [0.717, 1.165) is 11.4 Å². The summed E-state index contributed by atoms with van der Waals surface area (Å²) in [4.78, 5) is 11.0. The maximum Gasteiger partial charge on any atom is 0.227 e. The Balaban J connectivity index is 2.35. The number of carbonyl (C=O) groups is 1. The Labute approximate surface area is 141 Å². The van der Waals surface area contributed by atoms with Crippen molar-refractivity contribution in [2.24, 2.45) is 5.73 Å². The highest BCUT2D eigenvalue weighted by Crippen LogP contribution is 2.27. The summed E-state index contributed by atoms with van der Waals surface area (Å²) >= 11 is 1.29. The number of hydrogen-bond acceptors (Lipinski definition) is 4. The molecule has 0 fully saturated rings. The van der Waals surface area contributed by atoms with E-state index in [9.17, 15) is 4.79 Å². The molecule has 0 radical (unpaired) electrons. The second-order valence-electron chi connectivity index (χ2n) is 6.29. The molecule has 0 aliphatic rings. The summed E-state index contributed by atoms with van der Waals surface area (Å²) in [6.45, 7) is 10.9. The minimum Gasteiger partial charge on any atom is -0.369 e. The Morgan fingerprint density at radius 1 is 1.30 bits per heavy atom. The first-order valence-corrected chi connectivity index (χ1v) is 8.37. The summed E-state index contributed by atoms with van der Waals surface area (Å²) in [7, 11) is 0. The Morgan fingerprint density at radius 2 is 1.96 bits per heavy atom. The van der Waals surface area contributed by atoms with Crippen LogP contribution in [0.15, 0.2) is 42.1 Å². The monoisotopic (exact) mass is 330 g/mol. The highest BCUT2D eigenvalue weighted by Gasteiger charge is 2.16. The van der Waals surface area contributed by atoms with Crippen LogP contribution in [-0.4, -0.2) is 26.4 Å². The summed E-state index contributed by atoms with van der Waals surface area (Å²) in [6, 6.07) is 8.32. The molecule has 2 rings (SSSR count). The molecule has 1 amide bonds. The lowest BCUT2D eigenvalue weighted by molar-refractivity contribution is -0.115. The summed E-state index contributed by atoms with van der Waals surface area (Å²) in [5.74, 6) is 0.565. The molecule has 1 aromatic heterocycles. The van der Waals surface area contributed by atoms with Gasteiger partial charge < -0.3 is 5.73 Å². The van der Waals surface area contributed by atoms with Gasteiger partial charge in [0.15, 0.2) is 11.0 Å². The van der Waals surface area contributed by atoms with Crippen molar-refractivity contribution in [2.45, 2.75) is 37.9 Å². The molecule has 2 aromatic rings. The molecule has 0 spiro atoms. The lowest BCUT2D eigenvalue weighted by Crippen LogP contribution is -2.14. The van der Waals surface area contributed by atoms with E-state index in [1.54, 1.807) is 6.08 Å². The van der Waals surface area contributed by atoms with Gasteiger partial charge in [-0.2, -0.15) is 0 Å². The van der Waals surface area contributed by atoms with E-state index in [2.05, 4.69) is 49.7 Å². The van der Waals surface area contributed by atoms with Crippen molar-refractivity contribution in [3.05, 3.63) is 42.5 Å². The molecule has 2 N–H and O–H groups in total. The molecular weight excluding hydrogens is 308 g/mol. The first-order chi connectivity index (χ1) is 10.8. The minimum atomic E-state index is -0.376. The predicted octanol–water partition coefficient (Wildman–Crippen LogP) is 3.01. The third-order valence-electron chi connectivity index (χ3n) is 3.38. The second kappa shape index (κ2) is 7.00. The number of allylic oxidation sites excluding steroid dienone is 1. The molecule has 23 heavy (non-hydrogen) atoms. The lowest BCUT2D eigenvalue weighted by atomic mass is 9.87. The molecule has 122 valence electrons. The molecule has 0 saturated carbocycles. The molecule has 5 nitrogen and oxygen atoms in total. The Morgan fingerprint density at radius 3 is 2.48 bits per heavy atom. The van der Waals surface area contributed by atoms with Crippen LogP contribution >= 0.6 is 11.8 Å². The number of benzene rings is 1. The van der Waals surface area contributed by atoms with Gasteiger partial charge in [0.05, 0.1) is 5.75 Å². The summed E-state index contributed by atoms with van der Waals surface area (Å²) in [6.07, 6.45) is 1.78. The van der Waals surface area contributed by atoms with E-state index in [0.29, 0.717) is 11.7 Å². The Kier molecular flexibility index (Phi) is 5.26. The van der Waals surface area contributed by atoms with E-state index < -0.39 is 0 Å². The number of rotatable bonds is 6. The van der Waals surface area contributed by atoms with Gasteiger partial charge in [0, 0.05) is 12.1 Å². The number of thioether (sulfide) groups is 1. The Hall–Kier alpha value is -2.08. The van der Waals surface area contributed by atoms with Crippen molar-refractivity contribution < 1.29 is 4.79 Å². The van der Waals surface area contributed by atoms with Crippen molar-refractivity contribution >= 4 is 17.7 Å². The van der Waals surface area contributed by atoms with E-state index in [-0.39, 0.29) is 17.1 Å². The van der Waals surface area contributed by atoms with Crippen LogP contribution in [0.3, 0.4) is 0 Å². The molecule has 0 atom stereocenters. The molecule has 0 aliphatic carbocycles. The fourth-order valence-corrected chi connectivity index (χ4v) is 2.84. The number of primary amides is 1. The van der Waals surface area contributed by atoms with Gasteiger partial charge in [0.2, 0.25) is 5.91 Å². The molecule has 1 aromatic carbocycles. The average Bonchev–Trinajstić information content (AvgIpc) is 2.88. The van der Waals surface area contributed by atoms with Crippen molar-refractivity contribution in [3.63, 3.8) is 0 Å². The molecule has 0 aliphatic heterocycles. The van der Waals surface area contributed by atoms with Crippen molar-refractivity contribution in [1.29, 1.82) is 0 Å². The van der Waals surface area contributed by atoms with Crippen LogP contribution in [-0.2, 0) is 16.8 Å².